The topological polar surface area (TPSA) is 130 Å². The van der Waals surface area contributed by atoms with E-state index in [0.29, 0.717) is 0 Å². The molecule has 3 aromatic rings. The van der Waals surface area contributed by atoms with Crippen molar-refractivity contribution in [1.82, 2.24) is 9.97 Å². The number of aliphatic hydroxyl groups is 2. The van der Waals surface area contributed by atoms with Crippen LogP contribution >= 0.6 is 0 Å². The number of nitriles is 1. The Morgan fingerprint density at radius 2 is 1.63 bits per heavy atom. The van der Waals surface area contributed by atoms with E-state index in [2.05, 4.69) is 60.3 Å². The molecular weight excluding hydrogens is 500 g/mol. The van der Waals surface area contributed by atoms with Crippen LogP contribution in [0.4, 0.5) is 5.95 Å². The minimum atomic E-state index is -2.84. The number of hydrogen-bond acceptors (Lipinski definition) is 9. The number of anilines is 1. The lowest BCUT2D eigenvalue weighted by atomic mass is 9.98. The first-order valence-electron chi connectivity index (χ1n) is 12.5. The van der Waals surface area contributed by atoms with Crippen LogP contribution in [0.2, 0.25) is 5.04 Å². The van der Waals surface area contributed by atoms with Gasteiger partial charge in [0.15, 0.2) is 0 Å². The Morgan fingerprint density at radius 1 is 1.03 bits per heavy atom. The van der Waals surface area contributed by atoms with Crippen LogP contribution in [-0.2, 0) is 9.16 Å². The lowest BCUT2D eigenvalue weighted by Crippen LogP contribution is -2.68. The Balaban J connectivity index is 1.55. The van der Waals surface area contributed by atoms with Crippen molar-refractivity contribution in [3.63, 3.8) is 0 Å². The van der Waals surface area contributed by atoms with E-state index in [0.717, 1.165) is 10.4 Å². The standard InChI is InChI=1S/C28H34N4O5Si/c1-28(2,3)38(20-11-7-5-8-12-20,21-13-9-6-10-14-21)37-18-23-26(34)25(33)22(17-36-23)31-27-30-19(16-29)15-24(32-27)35-4/h5-15,22-23,25-26,33-34H,17-18H2,1-4H3,(H,30,31,32)/t22-,23+,25+,26-/m0/s1. The van der Waals surface area contributed by atoms with Crippen molar-refractivity contribution in [2.24, 2.45) is 0 Å². The smallest absolute Gasteiger partial charge is 0.261 e. The Labute approximate surface area is 224 Å². The van der Waals surface area contributed by atoms with Crippen molar-refractivity contribution < 1.29 is 24.1 Å². The van der Waals surface area contributed by atoms with E-state index < -0.39 is 32.7 Å². The molecular formula is C28H34N4O5Si. The zero-order valence-electron chi connectivity index (χ0n) is 22.0. The van der Waals surface area contributed by atoms with Crippen LogP contribution in [0, 0.1) is 11.3 Å². The molecule has 200 valence electrons. The van der Waals surface area contributed by atoms with Crippen molar-refractivity contribution in [1.29, 1.82) is 5.26 Å². The zero-order chi connectivity index (χ0) is 27.3. The number of aromatic nitrogens is 2. The second-order valence-corrected chi connectivity index (χ2v) is 14.6. The molecule has 1 aromatic heterocycles. The number of benzene rings is 2. The van der Waals surface area contributed by atoms with E-state index in [1.165, 1.54) is 13.2 Å². The molecule has 0 bridgehead atoms. The second-order valence-electron chi connectivity index (χ2n) is 10.3. The summed E-state index contributed by atoms with van der Waals surface area (Å²) in [6.45, 7) is 6.71. The van der Waals surface area contributed by atoms with Crippen LogP contribution in [0.25, 0.3) is 0 Å². The maximum Gasteiger partial charge on any atom is 0.261 e. The number of ether oxygens (including phenoxy) is 2. The first kappa shape index (κ1) is 27.7. The maximum atomic E-state index is 11.0. The average molecular weight is 535 g/mol. The Hall–Kier alpha value is -3.33. The monoisotopic (exact) mass is 534 g/mol. The highest BCUT2D eigenvalue weighted by Gasteiger charge is 2.51. The van der Waals surface area contributed by atoms with Gasteiger partial charge >= 0.3 is 0 Å². The van der Waals surface area contributed by atoms with Crippen molar-refractivity contribution in [2.75, 3.05) is 25.6 Å². The van der Waals surface area contributed by atoms with E-state index >= 15 is 0 Å². The van der Waals surface area contributed by atoms with Crippen LogP contribution in [0.5, 0.6) is 5.88 Å². The molecule has 4 atom stereocenters. The molecule has 38 heavy (non-hydrogen) atoms. The third-order valence-electron chi connectivity index (χ3n) is 6.85. The van der Waals surface area contributed by atoms with Gasteiger partial charge < -0.3 is 29.4 Å². The van der Waals surface area contributed by atoms with Crippen molar-refractivity contribution in [2.45, 2.75) is 50.2 Å². The number of nitrogens with one attached hydrogen (secondary N) is 1. The van der Waals surface area contributed by atoms with Crippen LogP contribution in [0.1, 0.15) is 26.5 Å². The maximum absolute atomic E-state index is 11.0. The summed E-state index contributed by atoms with van der Waals surface area (Å²) in [6.07, 6.45) is -3.15. The predicted octanol–water partition coefficient (Wildman–Crippen LogP) is 1.83. The molecule has 0 spiro atoms. The highest BCUT2D eigenvalue weighted by molar-refractivity contribution is 6.99. The summed E-state index contributed by atoms with van der Waals surface area (Å²) >= 11 is 0. The highest BCUT2D eigenvalue weighted by Crippen LogP contribution is 2.37. The molecule has 0 radical (unpaired) electrons. The van der Waals surface area contributed by atoms with Gasteiger partial charge in [0.1, 0.15) is 30.1 Å². The summed E-state index contributed by atoms with van der Waals surface area (Å²) in [5.74, 6) is 0.310. The van der Waals surface area contributed by atoms with Crippen LogP contribution in [0.15, 0.2) is 66.7 Å². The molecule has 0 amide bonds. The SMILES string of the molecule is COc1cc(C#N)nc(N[C@H]2CO[C@H](CO[Si](c3ccccc3)(c3ccccc3)C(C)(C)C)[C@H](O)[C@@H]2O)n1. The van der Waals surface area contributed by atoms with Gasteiger partial charge in [0.25, 0.3) is 8.32 Å². The molecule has 0 saturated carbocycles. The molecule has 1 fully saturated rings. The van der Waals surface area contributed by atoms with Crippen LogP contribution in [-0.4, -0.2) is 73.2 Å². The molecule has 2 aromatic carbocycles. The van der Waals surface area contributed by atoms with Gasteiger partial charge in [-0.3, -0.25) is 0 Å². The Kier molecular flexibility index (Phi) is 8.45. The minimum absolute atomic E-state index is 0.0788. The Bertz CT molecular complexity index is 1210. The lowest BCUT2D eigenvalue weighted by molar-refractivity contribution is -0.150. The predicted molar refractivity (Wildman–Crippen MR) is 146 cm³/mol. The first-order valence-corrected chi connectivity index (χ1v) is 14.4. The summed E-state index contributed by atoms with van der Waals surface area (Å²) < 4.78 is 18.0. The van der Waals surface area contributed by atoms with Gasteiger partial charge in [-0.1, -0.05) is 81.4 Å². The summed E-state index contributed by atoms with van der Waals surface area (Å²) in [5.41, 5.74) is 0.114. The second kappa shape index (κ2) is 11.6. The average Bonchev–Trinajstić information content (AvgIpc) is 2.93. The molecule has 2 heterocycles. The van der Waals surface area contributed by atoms with Crippen molar-refractivity contribution >= 4 is 24.6 Å². The summed E-state index contributed by atoms with van der Waals surface area (Å²) in [4.78, 5) is 8.28. The van der Waals surface area contributed by atoms with Crippen molar-refractivity contribution in [3.8, 4) is 11.9 Å². The van der Waals surface area contributed by atoms with Gasteiger partial charge in [-0.15, -0.1) is 0 Å². The van der Waals surface area contributed by atoms with E-state index in [1.807, 2.05) is 42.5 Å². The van der Waals surface area contributed by atoms with Gasteiger partial charge in [-0.05, 0) is 15.4 Å². The quantitative estimate of drug-likeness (QED) is 0.371. The molecule has 0 unspecified atom stereocenters. The Morgan fingerprint density at radius 3 is 2.16 bits per heavy atom. The van der Waals surface area contributed by atoms with E-state index in [1.54, 1.807) is 0 Å². The summed E-state index contributed by atoms with van der Waals surface area (Å²) in [7, 11) is -1.40. The molecule has 9 nitrogen and oxygen atoms in total. The third-order valence-corrected chi connectivity index (χ3v) is 11.9. The van der Waals surface area contributed by atoms with Gasteiger partial charge in [0, 0.05) is 6.07 Å². The first-order chi connectivity index (χ1) is 18.2. The van der Waals surface area contributed by atoms with Crippen LogP contribution in [0.3, 0.4) is 0 Å². The number of hydrogen-bond donors (Lipinski definition) is 3. The number of aliphatic hydroxyl groups excluding tert-OH is 2. The fraction of sp³-hybridized carbons (Fsp3) is 0.393. The summed E-state index contributed by atoms with van der Waals surface area (Å²) in [5, 5.41) is 36.2. The van der Waals surface area contributed by atoms with Gasteiger partial charge in [-0.25, -0.2) is 4.98 Å². The molecule has 1 saturated heterocycles. The van der Waals surface area contributed by atoms with E-state index in [9.17, 15) is 15.5 Å². The molecule has 4 rings (SSSR count). The van der Waals surface area contributed by atoms with Crippen molar-refractivity contribution in [3.05, 3.63) is 72.4 Å². The third kappa shape index (κ3) is 5.57. The van der Waals surface area contributed by atoms with E-state index in [4.69, 9.17) is 13.9 Å². The fourth-order valence-corrected chi connectivity index (χ4v) is 9.51. The molecule has 3 N–H and O–H groups in total. The minimum Gasteiger partial charge on any atom is -0.481 e. The molecule has 0 aliphatic carbocycles. The van der Waals surface area contributed by atoms with Gasteiger partial charge in [0.2, 0.25) is 11.8 Å². The van der Waals surface area contributed by atoms with Gasteiger partial charge in [-0.2, -0.15) is 10.2 Å². The highest BCUT2D eigenvalue weighted by atomic mass is 28.4. The van der Waals surface area contributed by atoms with Gasteiger partial charge in [0.05, 0.1) is 26.4 Å². The number of methoxy groups -OCH3 is 1. The normalized spacial score (nSPS) is 21.9. The molecule has 10 heteroatoms. The number of nitrogens with zero attached hydrogens (tertiary/aromatic N) is 3. The van der Waals surface area contributed by atoms with E-state index in [-0.39, 0.29) is 35.8 Å². The fourth-order valence-electron chi connectivity index (χ4n) is 4.94. The molecule has 1 aliphatic rings. The lowest BCUT2D eigenvalue weighted by Gasteiger charge is -2.45. The zero-order valence-corrected chi connectivity index (χ0v) is 23.0. The largest absolute Gasteiger partial charge is 0.481 e. The molecule has 1 aliphatic heterocycles. The summed E-state index contributed by atoms with van der Waals surface area (Å²) in [6, 6.07) is 23.1. The van der Waals surface area contributed by atoms with Crippen LogP contribution < -0.4 is 20.4 Å². The number of rotatable bonds is 8.